The number of esters is 1. The van der Waals surface area contributed by atoms with Crippen LogP contribution in [0.15, 0.2) is 71.4 Å². The zero-order valence-corrected chi connectivity index (χ0v) is 13.0. The van der Waals surface area contributed by atoms with Crippen LogP contribution in [0.1, 0.15) is 17.5 Å². The molecule has 21 heavy (non-hydrogen) atoms. The molecule has 0 spiro atoms. The molecule has 3 rings (SSSR count). The number of cyclic esters (lactones) is 1. The minimum Gasteiger partial charge on any atom is -0.430 e. The van der Waals surface area contributed by atoms with Crippen LogP contribution in [0.25, 0.3) is 0 Å². The van der Waals surface area contributed by atoms with Gasteiger partial charge in [-0.1, -0.05) is 76.6 Å². The van der Waals surface area contributed by atoms with Gasteiger partial charge >= 0.3 is 5.97 Å². The Morgan fingerprint density at radius 1 is 1.05 bits per heavy atom. The Morgan fingerprint density at radius 3 is 2.24 bits per heavy atom. The van der Waals surface area contributed by atoms with Gasteiger partial charge in [-0.15, -0.1) is 0 Å². The van der Waals surface area contributed by atoms with E-state index in [0.717, 1.165) is 11.1 Å². The molecule has 0 amide bonds. The highest BCUT2D eigenvalue weighted by atomic mass is 79.9. The lowest BCUT2D eigenvalue weighted by atomic mass is 9.74. The first-order valence-electron chi connectivity index (χ1n) is 6.85. The number of rotatable bonds is 3. The van der Waals surface area contributed by atoms with Crippen LogP contribution < -0.4 is 0 Å². The molecule has 2 nitrogen and oxygen atoms in total. The van der Waals surface area contributed by atoms with Crippen molar-refractivity contribution in [1.29, 1.82) is 0 Å². The molecule has 1 atom stereocenters. The lowest BCUT2D eigenvalue weighted by Gasteiger charge is -2.25. The number of halogens is 1. The van der Waals surface area contributed by atoms with Gasteiger partial charge in [0, 0.05) is 11.4 Å². The minimum absolute atomic E-state index is 0.178. The van der Waals surface area contributed by atoms with E-state index in [9.17, 15) is 4.79 Å². The molecule has 0 unspecified atom stereocenters. The zero-order chi connectivity index (χ0) is 14.7. The van der Waals surface area contributed by atoms with Gasteiger partial charge < -0.3 is 4.74 Å². The molecule has 0 saturated carbocycles. The topological polar surface area (TPSA) is 26.3 Å². The standard InChI is InChI=1S/C18H15BrO2/c19-13-16-12-18(17(20)21-16,15-9-5-2-6-10-15)11-14-7-3-1-4-8-14/h1-10,13H,11-12H2/b16-13+/t18-/m1/s1. The summed E-state index contributed by atoms with van der Waals surface area (Å²) >= 11 is 3.27. The van der Waals surface area contributed by atoms with Gasteiger partial charge in [0.25, 0.3) is 0 Å². The molecule has 0 bridgehead atoms. The Kier molecular flexibility index (Phi) is 3.93. The average molecular weight is 343 g/mol. The lowest BCUT2D eigenvalue weighted by Crippen LogP contribution is -2.34. The van der Waals surface area contributed by atoms with Crippen molar-refractivity contribution in [2.24, 2.45) is 0 Å². The van der Waals surface area contributed by atoms with Gasteiger partial charge in [-0.3, -0.25) is 4.79 Å². The number of benzene rings is 2. The molecule has 1 aliphatic rings. The second-order valence-electron chi connectivity index (χ2n) is 5.25. The lowest BCUT2D eigenvalue weighted by molar-refractivity contribution is -0.140. The van der Waals surface area contributed by atoms with Gasteiger partial charge in [0.05, 0.1) is 0 Å². The monoisotopic (exact) mass is 342 g/mol. The van der Waals surface area contributed by atoms with Crippen LogP contribution in [-0.4, -0.2) is 5.97 Å². The Bertz CT molecular complexity index is 664. The van der Waals surface area contributed by atoms with E-state index in [1.165, 1.54) is 0 Å². The summed E-state index contributed by atoms with van der Waals surface area (Å²) in [7, 11) is 0. The summed E-state index contributed by atoms with van der Waals surface area (Å²) in [4.78, 5) is 14.3. The molecule has 0 aliphatic carbocycles. The van der Waals surface area contributed by atoms with E-state index in [1.807, 2.05) is 60.7 Å². The molecule has 1 saturated heterocycles. The third-order valence-corrected chi connectivity index (χ3v) is 4.40. The zero-order valence-electron chi connectivity index (χ0n) is 11.5. The number of allylic oxidation sites excluding steroid dienone is 1. The molecule has 3 heteroatoms. The molecule has 106 valence electrons. The quantitative estimate of drug-likeness (QED) is 0.775. The highest BCUT2D eigenvalue weighted by Crippen LogP contribution is 2.42. The fourth-order valence-electron chi connectivity index (χ4n) is 2.84. The van der Waals surface area contributed by atoms with Crippen LogP contribution in [-0.2, 0) is 21.4 Å². The third kappa shape index (κ3) is 2.66. The number of ether oxygens (including phenoxy) is 1. The highest BCUT2D eigenvalue weighted by Gasteiger charge is 2.48. The van der Waals surface area contributed by atoms with E-state index in [-0.39, 0.29) is 5.97 Å². The van der Waals surface area contributed by atoms with Gasteiger partial charge in [0.15, 0.2) is 0 Å². The number of carbonyl (C=O) groups is 1. The largest absolute Gasteiger partial charge is 0.430 e. The highest BCUT2D eigenvalue weighted by molar-refractivity contribution is 9.11. The maximum atomic E-state index is 12.6. The maximum Gasteiger partial charge on any atom is 0.322 e. The van der Waals surface area contributed by atoms with Gasteiger partial charge in [0.2, 0.25) is 0 Å². The van der Waals surface area contributed by atoms with E-state index in [0.29, 0.717) is 18.6 Å². The van der Waals surface area contributed by atoms with Crippen LogP contribution >= 0.6 is 15.9 Å². The van der Waals surface area contributed by atoms with E-state index in [1.54, 1.807) is 4.99 Å². The predicted octanol–water partition coefficient (Wildman–Crippen LogP) is 4.35. The summed E-state index contributed by atoms with van der Waals surface area (Å²) in [5.74, 6) is 0.503. The number of hydrogen-bond acceptors (Lipinski definition) is 2. The van der Waals surface area contributed by atoms with Crippen LogP contribution in [0.3, 0.4) is 0 Å². The van der Waals surface area contributed by atoms with Crippen molar-refractivity contribution in [2.45, 2.75) is 18.3 Å². The van der Waals surface area contributed by atoms with E-state index in [4.69, 9.17) is 4.74 Å². The minimum atomic E-state index is -0.637. The van der Waals surface area contributed by atoms with Crippen LogP contribution in [0.2, 0.25) is 0 Å². The van der Waals surface area contributed by atoms with Gasteiger partial charge in [-0.25, -0.2) is 0 Å². The molecule has 2 aromatic carbocycles. The fraction of sp³-hybridized carbons (Fsp3) is 0.167. The summed E-state index contributed by atoms with van der Waals surface area (Å²) in [5.41, 5.74) is 1.50. The van der Waals surface area contributed by atoms with E-state index in [2.05, 4.69) is 15.9 Å². The average Bonchev–Trinajstić information content (AvgIpc) is 2.86. The molecule has 0 aromatic heterocycles. The summed E-state index contributed by atoms with van der Waals surface area (Å²) in [6.45, 7) is 0. The summed E-state index contributed by atoms with van der Waals surface area (Å²) < 4.78 is 5.43. The van der Waals surface area contributed by atoms with Crippen molar-refractivity contribution in [3.05, 3.63) is 82.5 Å². The van der Waals surface area contributed by atoms with E-state index < -0.39 is 5.41 Å². The van der Waals surface area contributed by atoms with Crippen LogP contribution in [0.5, 0.6) is 0 Å². The van der Waals surface area contributed by atoms with Crippen molar-refractivity contribution >= 4 is 21.9 Å². The maximum absolute atomic E-state index is 12.6. The normalized spacial score (nSPS) is 23.3. The second-order valence-corrected chi connectivity index (χ2v) is 5.71. The predicted molar refractivity (Wildman–Crippen MR) is 86.0 cm³/mol. The molecule has 1 heterocycles. The van der Waals surface area contributed by atoms with Gasteiger partial charge in [-0.05, 0) is 17.5 Å². The Labute approximate surface area is 132 Å². The van der Waals surface area contributed by atoms with Gasteiger partial charge in [0.1, 0.15) is 11.2 Å². The molecule has 1 aliphatic heterocycles. The molecule has 1 fully saturated rings. The van der Waals surface area contributed by atoms with Crippen LogP contribution in [0, 0.1) is 0 Å². The Balaban J connectivity index is 2.06. The van der Waals surface area contributed by atoms with Crippen molar-refractivity contribution < 1.29 is 9.53 Å². The summed E-state index contributed by atoms with van der Waals surface area (Å²) in [5, 5.41) is 0. The van der Waals surface area contributed by atoms with Gasteiger partial charge in [-0.2, -0.15) is 0 Å². The first-order valence-corrected chi connectivity index (χ1v) is 7.77. The Morgan fingerprint density at radius 2 is 1.67 bits per heavy atom. The first-order chi connectivity index (χ1) is 10.2. The third-order valence-electron chi connectivity index (χ3n) is 3.89. The van der Waals surface area contributed by atoms with Crippen molar-refractivity contribution in [3.63, 3.8) is 0 Å². The molecule has 2 aromatic rings. The smallest absolute Gasteiger partial charge is 0.322 e. The number of carbonyl (C=O) groups excluding carboxylic acids is 1. The summed E-state index contributed by atoms with van der Waals surface area (Å²) in [6.07, 6.45) is 1.22. The SMILES string of the molecule is O=C1O/C(=C/Br)C[C@]1(Cc1ccccc1)c1ccccc1. The second kappa shape index (κ2) is 5.86. The van der Waals surface area contributed by atoms with E-state index >= 15 is 0 Å². The molecule has 0 N–H and O–H groups in total. The van der Waals surface area contributed by atoms with Crippen molar-refractivity contribution in [3.8, 4) is 0 Å². The molecular weight excluding hydrogens is 328 g/mol. The summed E-state index contributed by atoms with van der Waals surface area (Å²) in [6, 6.07) is 20.0. The Hall–Kier alpha value is -1.87. The molecule has 0 radical (unpaired) electrons. The van der Waals surface area contributed by atoms with Crippen molar-refractivity contribution in [2.75, 3.05) is 0 Å². The van der Waals surface area contributed by atoms with Crippen LogP contribution in [0.4, 0.5) is 0 Å². The molecular formula is C18H15BrO2. The van der Waals surface area contributed by atoms with Crippen molar-refractivity contribution in [1.82, 2.24) is 0 Å². The number of hydrogen-bond donors (Lipinski definition) is 0. The fourth-order valence-corrected chi connectivity index (χ4v) is 3.10. The first kappa shape index (κ1) is 14.1.